The monoisotopic (exact) mass is 318 g/mol. The van der Waals surface area contributed by atoms with Crippen LogP contribution in [0.5, 0.6) is 0 Å². The molecule has 4 aliphatic rings. The summed E-state index contributed by atoms with van der Waals surface area (Å²) in [7, 11) is 0. The van der Waals surface area contributed by atoms with Crippen LogP contribution in [0.25, 0.3) is 0 Å². The van der Waals surface area contributed by atoms with E-state index in [1.165, 1.54) is 64.2 Å². The molecular weight excluding hydrogens is 280 g/mol. The average molecular weight is 319 g/mol. The molecule has 4 aliphatic carbocycles. The molecule has 1 heteroatoms. The standard InChI is InChI=1S/C22H38O/c1-4-16-6-8-19-18-7-5-17-13-15(14-23)9-11-22(17,3)20(18)10-12-21(16,19)2/h15-20,23H,4-14H2,1-3H3/t15?,16-,17?,18-,19-,20-,21+,22-/m0/s1. The van der Waals surface area contributed by atoms with Gasteiger partial charge >= 0.3 is 0 Å². The first kappa shape index (κ1) is 16.4. The van der Waals surface area contributed by atoms with Gasteiger partial charge in [0.05, 0.1) is 0 Å². The van der Waals surface area contributed by atoms with Crippen molar-refractivity contribution < 1.29 is 5.11 Å². The fourth-order valence-electron chi connectivity index (χ4n) is 8.29. The Morgan fingerprint density at radius 3 is 2.35 bits per heavy atom. The molecule has 4 rings (SSSR count). The van der Waals surface area contributed by atoms with Crippen LogP contribution < -0.4 is 0 Å². The van der Waals surface area contributed by atoms with Crippen molar-refractivity contribution in [1.29, 1.82) is 0 Å². The lowest BCUT2D eigenvalue weighted by molar-refractivity contribution is -0.120. The molecule has 132 valence electrons. The first-order chi connectivity index (χ1) is 11.0. The minimum Gasteiger partial charge on any atom is -0.396 e. The largest absolute Gasteiger partial charge is 0.396 e. The molecular formula is C22H38O. The number of aliphatic hydroxyl groups is 1. The molecule has 0 aromatic carbocycles. The number of hydrogen-bond donors (Lipinski definition) is 1. The van der Waals surface area contributed by atoms with E-state index in [4.69, 9.17) is 0 Å². The minimum atomic E-state index is 0.430. The first-order valence-electron chi connectivity index (χ1n) is 10.6. The van der Waals surface area contributed by atoms with Gasteiger partial charge in [0, 0.05) is 6.61 Å². The van der Waals surface area contributed by atoms with Crippen molar-refractivity contribution in [3.8, 4) is 0 Å². The van der Waals surface area contributed by atoms with E-state index in [0.717, 1.165) is 29.6 Å². The minimum absolute atomic E-state index is 0.430. The lowest BCUT2D eigenvalue weighted by Crippen LogP contribution is -2.53. The molecule has 0 bridgehead atoms. The fourth-order valence-corrected chi connectivity index (χ4v) is 8.29. The molecule has 0 aromatic heterocycles. The molecule has 0 heterocycles. The normalized spacial score (nSPS) is 55.8. The second-order valence-corrected chi connectivity index (χ2v) is 10.2. The van der Waals surface area contributed by atoms with Crippen LogP contribution in [0.2, 0.25) is 0 Å². The predicted octanol–water partition coefficient (Wildman–Crippen LogP) is 5.66. The van der Waals surface area contributed by atoms with Gasteiger partial charge in [-0.2, -0.15) is 0 Å². The van der Waals surface area contributed by atoms with Crippen molar-refractivity contribution in [3.05, 3.63) is 0 Å². The molecule has 4 fully saturated rings. The Morgan fingerprint density at radius 1 is 0.870 bits per heavy atom. The van der Waals surface area contributed by atoms with Gasteiger partial charge in [-0.15, -0.1) is 0 Å². The average Bonchev–Trinajstić information content (AvgIpc) is 2.90. The molecule has 0 saturated heterocycles. The van der Waals surface area contributed by atoms with Crippen LogP contribution in [-0.2, 0) is 0 Å². The summed E-state index contributed by atoms with van der Waals surface area (Å²) in [6.07, 6.45) is 14.4. The number of rotatable bonds is 2. The maximum absolute atomic E-state index is 9.61. The first-order valence-corrected chi connectivity index (χ1v) is 10.6. The third-order valence-electron chi connectivity index (χ3n) is 9.72. The molecule has 4 saturated carbocycles. The van der Waals surface area contributed by atoms with Crippen molar-refractivity contribution in [2.75, 3.05) is 6.61 Å². The van der Waals surface area contributed by atoms with Crippen molar-refractivity contribution >= 4 is 0 Å². The van der Waals surface area contributed by atoms with Gasteiger partial charge in [-0.3, -0.25) is 0 Å². The van der Waals surface area contributed by atoms with Crippen LogP contribution in [0.15, 0.2) is 0 Å². The molecule has 0 radical (unpaired) electrons. The van der Waals surface area contributed by atoms with Gasteiger partial charge in [0.2, 0.25) is 0 Å². The summed E-state index contributed by atoms with van der Waals surface area (Å²) >= 11 is 0. The van der Waals surface area contributed by atoms with E-state index in [1.807, 2.05) is 0 Å². The second-order valence-electron chi connectivity index (χ2n) is 10.2. The summed E-state index contributed by atoms with van der Waals surface area (Å²) in [6.45, 7) is 8.17. The highest BCUT2D eigenvalue weighted by molar-refractivity contribution is 5.08. The van der Waals surface area contributed by atoms with Crippen molar-refractivity contribution in [3.63, 3.8) is 0 Å². The van der Waals surface area contributed by atoms with E-state index < -0.39 is 0 Å². The molecule has 0 spiro atoms. The number of hydrogen-bond acceptors (Lipinski definition) is 1. The number of fused-ring (bicyclic) bond motifs is 5. The maximum atomic E-state index is 9.61. The van der Waals surface area contributed by atoms with Crippen LogP contribution in [0.1, 0.15) is 85.0 Å². The topological polar surface area (TPSA) is 20.2 Å². The van der Waals surface area contributed by atoms with Crippen molar-refractivity contribution in [1.82, 2.24) is 0 Å². The van der Waals surface area contributed by atoms with E-state index in [2.05, 4.69) is 20.8 Å². The molecule has 0 amide bonds. The smallest absolute Gasteiger partial charge is 0.0459 e. The van der Waals surface area contributed by atoms with Gasteiger partial charge in [0.15, 0.2) is 0 Å². The Hall–Kier alpha value is -0.0400. The molecule has 1 nitrogen and oxygen atoms in total. The summed E-state index contributed by atoms with van der Waals surface area (Å²) in [4.78, 5) is 0. The van der Waals surface area contributed by atoms with Crippen LogP contribution in [0.4, 0.5) is 0 Å². The Labute approximate surface area is 143 Å². The second kappa shape index (κ2) is 5.75. The summed E-state index contributed by atoms with van der Waals surface area (Å²) < 4.78 is 0. The summed E-state index contributed by atoms with van der Waals surface area (Å²) in [6, 6.07) is 0. The van der Waals surface area contributed by atoms with Gasteiger partial charge in [-0.25, -0.2) is 0 Å². The van der Waals surface area contributed by atoms with Gasteiger partial charge in [-0.1, -0.05) is 27.2 Å². The quantitative estimate of drug-likeness (QED) is 0.696. The van der Waals surface area contributed by atoms with Crippen molar-refractivity contribution in [2.45, 2.75) is 85.0 Å². The van der Waals surface area contributed by atoms with Crippen molar-refractivity contribution in [2.24, 2.45) is 46.3 Å². The van der Waals surface area contributed by atoms with Gasteiger partial charge in [0.25, 0.3) is 0 Å². The highest BCUT2D eigenvalue weighted by Gasteiger charge is 2.59. The van der Waals surface area contributed by atoms with Crippen LogP contribution >= 0.6 is 0 Å². The third-order valence-corrected chi connectivity index (χ3v) is 9.72. The van der Waals surface area contributed by atoms with Gasteiger partial charge in [-0.05, 0) is 104 Å². The molecule has 0 aliphatic heterocycles. The summed E-state index contributed by atoms with van der Waals surface area (Å²) in [5.41, 5.74) is 1.27. The Balaban J connectivity index is 1.58. The van der Waals surface area contributed by atoms with Crippen LogP contribution in [0, 0.1) is 46.3 Å². The zero-order valence-electron chi connectivity index (χ0n) is 15.7. The predicted molar refractivity (Wildman–Crippen MR) is 96.1 cm³/mol. The summed E-state index contributed by atoms with van der Waals surface area (Å²) in [5.74, 6) is 5.56. The van der Waals surface area contributed by atoms with Crippen LogP contribution in [0.3, 0.4) is 0 Å². The Morgan fingerprint density at radius 2 is 1.61 bits per heavy atom. The SMILES string of the molecule is CC[C@H]1CC[C@H]2[C@@H]3CCC4CC(CO)CC[C@]4(C)[C@H]3CC[C@]12C. The third kappa shape index (κ3) is 2.28. The lowest BCUT2D eigenvalue weighted by Gasteiger charge is -2.61. The van der Waals surface area contributed by atoms with Gasteiger partial charge < -0.3 is 5.11 Å². The highest BCUT2D eigenvalue weighted by atomic mass is 16.3. The number of aliphatic hydroxyl groups excluding tert-OH is 1. The zero-order valence-corrected chi connectivity index (χ0v) is 15.7. The van der Waals surface area contributed by atoms with E-state index in [0.29, 0.717) is 23.4 Å². The summed E-state index contributed by atoms with van der Waals surface area (Å²) in [5, 5.41) is 9.61. The molecule has 0 aromatic rings. The van der Waals surface area contributed by atoms with Crippen LogP contribution in [-0.4, -0.2) is 11.7 Å². The fraction of sp³-hybridized carbons (Fsp3) is 1.00. The van der Waals surface area contributed by atoms with E-state index in [-0.39, 0.29) is 0 Å². The van der Waals surface area contributed by atoms with E-state index >= 15 is 0 Å². The zero-order chi connectivity index (χ0) is 16.2. The molecule has 2 unspecified atom stereocenters. The Kier molecular flexibility index (Phi) is 4.11. The molecule has 1 N–H and O–H groups in total. The molecule has 8 atom stereocenters. The lowest BCUT2D eigenvalue weighted by atomic mass is 9.44. The van der Waals surface area contributed by atoms with Gasteiger partial charge in [0.1, 0.15) is 0 Å². The molecule has 23 heavy (non-hydrogen) atoms. The van der Waals surface area contributed by atoms with E-state index in [9.17, 15) is 5.11 Å². The van der Waals surface area contributed by atoms with E-state index in [1.54, 1.807) is 0 Å². The maximum Gasteiger partial charge on any atom is 0.0459 e. The Bertz CT molecular complexity index is 445. The highest BCUT2D eigenvalue weighted by Crippen LogP contribution is 2.68.